The minimum atomic E-state index is -0.134. The number of hydrogen-bond acceptors (Lipinski definition) is 5. The summed E-state index contributed by atoms with van der Waals surface area (Å²) < 4.78 is 0. The number of urea groups is 1. The molecular formula is C14H19N5O2S. The largest absolute Gasteiger partial charge is 0.338 e. The predicted octanol–water partition coefficient (Wildman–Crippen LogP) is 0.905. The van der Waals surface area contributed by atoms with Crippen molar-refractivity contribution < 1.29 is 9.59 Å². The predicted molar refractivity (Wildman–Crippen MR) is 84.7 cm³/mol. The standard InChI is InChI=1S/C14H19N5O2S/c1-2-16-14(21)19-6-4-18(5-7-19)10-12(20)17-13-11(9-15)3-8-22-13/h3,8H,2,4-7,10H2,1H3,(H,16,21)(H,17,20). The smallest absolute Gasteiger partial charge is 0.317 e. The molecule has 1 aromatic rings. The van der Waals surface area contributed by atoms with E-state index in [0.717, 1.165) is 0 Å². The topological polar surface area (TPSA) is 88.5 Å². The van der Waals surface area contributed by atoms with Crippen LogP contribution >= 0.6 is 11.3 Å². The summed E-state index contributed by atoms with van der Waals surface area (Å²) in [7, 11) is 0. The number of thiophene rings is 1. The fourth-order valence-electron chi connectivity index (χ4n) is 2.24. The fourth-order valence-corrected chi connectivity index (χ4v) is 2.99. The van der Waals surface area contributed by atoms with E-state index in [0.29, 0.717) is 43.3 Å². The monoisotopic (exact) mass is 321 g/mol. The summed E-state index contributed by atoms with van der Waals surface area (Å²) in [5.41, 5.74) is 0.486. The van der Waals surface area contributed by atoms with Gasteiger partial charge >= 0.3 is 6.03 Å². The van der Waals surface area contributed by atoms with Crippen LogP contribution in [0.3, 0.4) is 0 Å². The zero-order valence-corrected chi connectivity index (χ0v) is 13.3. The highest BCUT2D eigenvalue weighted by Gasteiger charge is 2.22. The lowest BCUT2D eigenvalue weighted by molar-refractivity contribution is -0.117. The van der Waals surface area contributed by atoms with Crippen LogP contribution in [0.4, 0.5) is 9.80 Å². The van der Waals surface area contributed by atoms with Crippen molar-refractivity contribution in [2.45, 2.75) is 6.92 Å². The first-order valence-corrected chi connectivity index (χ1v) is 8.04. The number of piperazine rings is 1. The fraction of sp³-hybridized carbons (Fsp3) is 0.500. The van der Waals surface area contributed by atoms with Crippen molar-refractivity contribution in [1.82, 2.24) is 15.1 Å². The lowest BCUT2D eigenvalue weighted by atomic mass is 10.3. The van der Waals surface area contributed by atoms with Crippen LogP contribution in [-0.4, -0.2) is 61.0 Å². The van der Waals surface area contributed by atoms with Crippen LogP contribution in [-0.2, 0) is 4.79 Å². The van der Waals surface area contributed by atoms with Crippen LogP contribution in [0.25, 0.3) is 0 Å². The minimum Gasteiger partial charge on any atom is -0.338 e. The molecule has 2 rings (SSSR count). The molecular weight excluding hydrogens is 302 g/mol. The number of anilines is 1. The number of rotatable bonds is 4. The first-order chi connectivity index (χ1) is 10.6. The summed E-state index contributed by atoms with van der Waals surface area (Å²) in [5.74, 6) is -0.134. The van der Waals surface area contributed by atoms with Crippen molar-refractivity contribution in [3.8, 4) is 6.07 Å². The lowest BCUT2D eigenvalue weighted by Crippen LogP contribution is -2.52. The number of amides is 3. The van der Waals surface area contributed by atoms with Crippen molar-refractivity contribution in [2.75, 3.05) is 44.6 Å². The maximum Gasteiger partial charge on any atom is 0.317 e. The molecule has 2 heterocycles. The van der Waals surface area contributed by atoms with Crippen molar-refractivity contribution in [2.24, 2.45) is 0 Å². The number of nitrogens with zero attached hydrogens (tertiary/aromatic N) is 3. The zero-order chi connectivity index (χ0) is 15.9. The van der Waals surface area contributed by atoms with Gasteiger partial charge in [-0.2, -0.15) is 5.26 Å². The van der Waals surface area contributed by atoms with E-state index in [1.54, 1.807) is 16.3 Å². The molecule has 118 valence electrons. The molecule has 0 spiro atoms. The van der Waals surface area contributed by atoms with Crippen LogP contribution in [0.1, 0.15) is 12.5 Å². The van der Waals surface area contributed by atoms with E-state index in [2.05, 4.69) is 10.6 Å². The second kappa shape index (κ2) is 7.77. The van der Waals surface area contributed by atoms with Gasteiger partial charge in [0.15, 0.2) is 0 Å². The van der Waals surface area contributed by atoms with Gasteiger partial charge in [0.1, 0.15) is 11.1 Å². The first-order valence-electron chi connectivity index (χ1n) is 7.16. The Kier molecular flexibility index (Phi) is 5.75. The molecule has 0 aliphatic carbocycles. The maximum absolute atomic E-state index is 12.0. The molecule has 0 bridgehead atoms. The number of hydrogen-bond donors (Lipinski definition) is 2. The Hall–Kier alpha value is -2.11. The number of carbonyl (C=O) groups is 2. The molecule has 1 aromatic heterocycles. The average Bonchev–Trinajstić information content (AvgIpc) is 2.95. The maximum atomic E-state index is 12.0. The van der Waals surface area contributed by atoms with Crippen molar-refractivity contribution in [3.05, 3.63) is 17.0 Å². The average molecular weight is 321 g/mol. The van der Waals surface area contributed by atoms with Gasteiger partial charge in [0.2, 0.25) is 5.91 Å². The van der Waals surface area contributed by atoms with Gasteiger partial charge in [0, 0.05) is 32.7 Å². The Balaban J connectivity index is 1.77. The summed E-state index contributed by atoms with van der Waals surface area (Å²) in [4.78, 5) is 27.5. The third-order valence-corrected chi connectivity index (χ3v) is 4.22. The summed E-state index contributed by atoms with van der Waals surface area (Å²) in [6.07, 6.45) is 0. The number of nitriles is 1. The minimum absolute atomic E-state index is 0.0520. The summed E-state index contributed by atoms with van der Waals surface area (Å²) in [6, 6.07) is 3.68. The van der Waals surface area contributed by atoms with E-state index in [1.807, 2.05) is 17.9 Å². The molecule has 1 aliphatic rings. The second-order valence-electron chi connectivity index (χ2n) is 4.92. The molecule has 2 N–H and O–H groups in total. The first kappa shape index (κ1) is 16.3. The highest BCUT2D eigenvalue weighted by Crippen LogP contribution is 2.21. The zero-order valence-electron chi connectivity index (χ0n) is 12.5. The lowest BCUT2D eigenvalue weighted by Gasteiger charge is -2.34. The van der Waals surface area contributed by atoms with E-state index in [9.17, 15) is 9.59 Å². The van der Waals surface area contributed by atoms with Gasteiger partial charge in [0.25, 0.3) is 0 Å². The van der Waals surface area contributed by atoms with Gasteiger partial charge in [-0.15, -0.1) is 11.3 Å². The van der Waals surface area contributed by atoms with E-state index < -0.39 is 0 Å². The molecule has 0 aromatic carbocycles. The number of carbonyl (C=O) groups excluding carboxylic acids is 2. The molecule has 0 unspecified atom stereocenters. The molecule has 3 amide bonds. The van der Waals surface area contributed by atoms with Crippen LogP contribution in [0.2, 0.25) is 0 Å². The van der Waals surface area contributed by atoms with Crippen LogP contribution < -0.4 is 10.6 Å². The van der Waals surface area contributed by atoms with Crippen molar-refractivity contribution in [3.63, 3.8) is 0 Å². The molecule has 8 heteroatoms. The van der Waals surface area contributed by atoms with E-state index in [1.165, 1.54) is 11.3 Å². The molecule has 0 atom stereocenters. The van der Waals surface area contributed by atoms with Gasteiger partial charge in [-0.25, -0.2) is 4.79 Å². The van der Waals surface area contributed by atoms with E-state index in [-0.39, 0.29) is 18.5 Å². The van der Waals surface area contributed by atoms with E-state index >= 15 is 0 Å². The quantitative estimate of drug-likeness (QED) is 0.862. The highest BCUT2D eigenvalue weighted by atomic mass is 32.1. The molecule has 1 saturated heterocycles. The van der Waals surface area contributed by atoms with E-state index in [4.69, 9.17) is 5.26 Å². The van der Waals surface area contributed by atoms with Gasteiger partial charge in [-0.1, -0.05) is 0 Å². The highest BCUT2D eigenvalue weighted by molar-refractivity contribution is 7.14. The normalized spacial score (nSPS) is 15.2. The summed E-state index contributed by atoms with van der Waals surface area (Å²) in [5, 5.41) is 16.8. The summed E-state index contributed by atoms with van der Waals surface area (Å²) in [6.45, 7) is 5.33. The molecule has 1 fully saturated rings. The van der Waals surface area contributed by atoms with Crippen LogP contribution in [0.5, 0.6) is 0 Å². The second-order valence-corrected chi connectivity index (χ2v) is 5.84. The van der Waals surface area contributed by atoms with Crippen LogP contribution in [0, 0.1) is 11.3 Å². The number of nitrogens with one attached hydrogen (secondary N) is 2. The molecule has 0 saturated carbocycles. The Morgan fingerprint density at radius 2 is 2.09 bits per heavy atom. The Morgan fingerprint density at radius 1 is 1.36 bits per heavy atom. The molecule has 22 heavy (non-hydrogen) atoms. The Labute approximate surface area is 133 Å². The van der Waals surface area contributed by atoms with Crippen molar-refractivity contribution in [1.29, 1.82) is 5.26 Å². The Morgan fingerprint density at radius 3 is 2.73 bits per heavy atom. The van der Waals surface area contributed by atoms with Gasteiger partial charge in [-0.3, -0.25) is 9.69 Å². The van der Waals surface area contributed by atoms with Gasteiger partial charge in [0.05, 0.1) is 12.1 Å². The van der Waals surface area contributed by atoms with Gasteiger partial charge in [-0.05, 0) is 18.4 Å². The third kappa shape index (κ3) is 4.19. The van der Waals surface area contributed by atoms with Crippen molar-refractivity contribution >= 4 is 28.3 Å². The molecule has 7 nitrogen and oxygen atoms in total. The Bertz CT molecular complexity index is 572. The third-order valence-electron chi connectivity index (χ3n) is 3.39. The molecule has 0 radical (unpaired) electrons. The summed E-state index contributed by atoms with van der Waals surface area (Å²) >= 11 is 1.34. The van der Waals surface area contributed by atoms with Gasteiger partial charge < -0.3 is 15.5 Å². The van der Waals surface area contributed by atoms with Crippen LogP contribution in [0.15, 0.2) is 11.4 Å². The SMILES string of the molecule is CCNC(=O)N1CCN(CC(=O)Nc2sccc2C#N)CC1. The molecule has 1 aliphatic heterocycles.